The van der Waals surface area contributed by atoms with E-state index in [0.717, 1.165) is 6.61 Å². The molecule has 0 radical (unpaired) electrons. The maximum atomic E-state index is 6.66. The lowest BCUT2D eigenvalue weighted by atomic mass is 9.97. The predicted octanol–water partition coefficient (Wildman–Crippen LogP) is 5.61. The van der Waals surface area contributed by atoms with Gasteiger partial charge in [-0.15, -0.1) is 0 Å². The van der Waals surface area contributed by atoms with Crippen LogP contribution in [0.15, 0.2) is 0 Å². The van der Waals surface area contributed by atoms with Crippen molar-refractivity contribution in [3.8, 4) is 0 Å². The van der Waals surface area contributed by atoms with Gasteiger partial charge in [0.05, 0.1) is 0 Å². The van der Waals surface area contributed by atoms with Gasteiger partial charge in [0.15, 0.2) is 0 Å². The first-order valence-electron chi connectivity index (χ1n) is 7.73. The zero-order valence-corrected chi connectivity index (χ0v) is 14.9. The molecule has 0 aliphatic carbocycles. The van der Waals surface area contributed by atoms with Crippen LogP contribution in [-0.2, 0) is 4.43 Å². The molecule has 1 heterocycles. The number of hydrogen-bond acceptors (Lipinski definition) is 1. The van der Waals surface area contributed by atoms with E-state index in [-0.39, 0.29) is 0 Å². The summed E-state index contributed by atoms with van der Waals surface area (Å²) in [7, 11) is -1.76. The van der Waals surface area contributed by atoms with Crippen molar-refractivity contribution in [3.05, 3.63) is 0 Å². The van der Waals surface area contributed by atoms with Crippen molar-refractivity contribution in [1.29, 1.82) is 0 Å². The number of rotatable bonds is 4. The Balaban J connectivity index is 3.27. The summed E-state index contributed by atoms with van der Waals surface area (Å²) in [5.74, 6) is 1.39. The zero-order chi connectivity index (χ0) is 14.2. The SMILES string of the molecule is CC(C)C(C)(C)[Si]1(C(C)(C)C(C)C)CCCCO1. The van der Waals surface area contributed by atoms with Crippen molar-refractivity contribution in [2.45, 2.75) is 84.4 Å². The van der Waals surface area contributed by atoms with Crippen LogP contribution in [0.5, 0.6) is 0 Å². The van der Waals surface area contributed by atoms with Crippen molar-refractivity contribution in [1.82, 2.24) is 0 Å². The Morgan fingerprint density at radius 1 is 0.833 bits per heavy atom. The lowest BCUT2D eigenvalue weighted by molar-refractivity contribution is 0.193. The largest absolute Gasteiger partial charge is 0.416 e. The average molecular weight is 271 g/mol. The fourth-order valence-corrected chi connectivity index (χ4v) is 10.5. The molecule has 0 spiro atoms. The molecule has 2 heteroatoms. The predicted molar refractivity (Wildman–Crippen MR) is 83.5 cm³/mol. The molecule has 0 aromatic heterocycles. The Morgan fingerprint density at radius 2 is 1.28 bits per heavy atom. The van der Waals surface area contributed by atoms with Crippen LogP contribution in [0.3, 0.4) is 0 Å². The third-order valence-electron chi connectivity index (χ3n) is 6.24. The summed E-state index contributed by atoms with van der Waals surface area (Å²) < 4.78 is 6.66. The highest BCUT2D eigenvalue weighted by atomic mass is 28.4. The Hall–Kier alpha value is 0.177. The van der Waals surface area contributed by atoms with Gasteiger partial charge < -0.3 is 4.43 Å². The Bertz CT molecular complexity index is 251. The lowest BCUT2D eigenvalue weighted by Gasteiger charge is -2.58. The van der Waals surface area contributed by atoms with Crippen LogP contribution < -0.4 is 0 Å². The van der Waals surface area contributed by atoms with Gasteiger partial charge in [-0.3, -0.25) is 0 Å². The lowest BCUT2D eigenvalue weighted by Crippen LogP contribution is -2.60. The van der Waals surface area contributed by atoms with E-state index in [4.69, 9.17) is 4.43 Å². The van der Waals surface area contributed by atoms with Crippen molar-refractivity contribution < 1.29 is 4.43 Å². The molecule has 1 aliphatic rings. The summed E-state index contributed by atoms with van der Waals surface area (Å²) in [6.45, 7) is 20.4. The molecular formula is C16H34OSi. The number of hydrogen-bond donors (Lipinski definition) is 0. The van der Waals surface area contributed by atoms with Crippen LogP contribution in [-0.4, -0.2) is 14.9 Å². The molecule has 0 bridgehead atoms. The van der Waals surface area contributed by atoms with Gasteiger partial charge in [0.2, 0.25) is 8.32 Å². The summed E-state index contributed by atoms with van der Waals surface area (Å²) in [5.41, 5.74) is 0. The first kappa shape index (κ1) is 16.2. The molecule has 0 saturated carbocycles. The zero-order valence-electron chi connectivity index (χ0n) is 13.9. The summed E-state index contributed by atoms with van der Waals surface area (Å²) in [6, 6.07) is 1.35. The van der Waals surface area contributed by atoms with Crippen LogP contribution >= 0.6 is 0 Å². The molecule has 1 rings (SSSR count). The van der Waals surface area contributed by atoms with Crippen molar-refractivity contribution in [3.63, 3.8) is 0 Å². The van der Waals surface area contributed by atoms with Gasteiger partial charge in [0.25, 0.3) is 0 Å². The summed E-state index contributed by atoms with van der Waals surface area (Å²) in [5, 5.41) is 0.697. The second kappa shape index (κ2) is 5.28. The Morgan fingerprint density at radius 3 is 1.56 bits per heavy atom. The minimum absolute atomic E-state index is 0.348. The molecule has 1 saturated heterocycles. The van der Waals surface area contributed by atoms with Gasteiger partial charge in [0.1, 0.15) is 0 Å². The topological polar surface area (TPSA) is 9.23 Å². The molecule has 0 unspecified atom stereocenters. The maximum absolute atomic E-state index is 6.66. The second-order valence-electron chi connectivity index (χ2n) is 7.89. The fraction of sp³-hybridized carbons (Fsp3) is 1.00. The average Bonchev–Trinajstić information content (AvgIpc) is 2.29. The maximum Gasteiger partial charge on any atom is 0.204 e. The van der Waals surface area contributed by atoms with E-state index in [1.54, 1.807) is 0 Å². The Kier molecular flexibility index (Phi) is 4.76. The summed E-state index contributed by atoms with van der Waals surface area (Å²) in [6.07, 6.45) is 2.63. The van der Waals surface area contributed by atoms with Gasteiger partial charge in [-0.25, -0.2) is 0 Å². The first-order chi connectivity index (χ1) is 8.09. The minimum atomic E-state index is -1.76. The molecule has 0 aromatic carbocycles. The molecule has 0 amide bonds. The van der Waals surface area contributed by atoms with E-state index in [1.165, 1.54) is 18.9 Å². The van der Waals surface area contributed by atoms with E-state index in [1.807, 2.05) is 0 Å². The minimum Gasteiger partial charge on any atom is -0.416 e. The van der Waals surface area contributed by atoms with Gasteiger partial charge in [-0.1, -0.05) is 61.8 Å². The van der Waals surface area contributed by atoms with E-state index in [0.29, 0.717) is 21.9 Å². The Labute approximate surface area is 116 Å². The third-order valence-corrected chi connectivity index (χ3v) is 13.3. The molecule has 18 heavy (non-hydrogen) atoms. The van der Waals surface area contributed by atoms with Crippen molar-refractivity contribution in [2.75, 3.05) is 6.61 Å². The van der Waals surface area contributed by atoms with Crippen LogP contribution in [0, 0.1) is 11.8 Å². The highest BCUT2D eigenvalue weighted by molar-refractivity contribution is 6.79. The molecular weight excluding hydrogens is 236 g/mol. The molecule has 0 aromatic rings. The monoisotopic (exact) mass is 270 g/mol. The van der Waals surface area contributed by atoms with Gasteiger partial charge >= 0.3 is 0 Å². The van der Waals surface area contributed by atoms with Crippen LogP contribution in [0.25, 0.3) is 0 Å². The quantitative estimate of drug-likeness (QED) is 0.603. The van der Waals surface area contributed by atoms with E-state index in [9.17, 15) is 0 Å². The third kappa shape index (κ3) is 2.31. The molecule has 1 nitrogen and oxygen atoms in total. The molecule has 0 atom stereocenters. The molecule has 1 fully saturated rings. The van der Waals surface area contributed by atoms with E-state index in [2.05, 4.69) is 55.4 Å². The van der Waals surface area contributed by atoms with E-state index < -0.39 is 8.32 Å². The fourth-order valence-electron chi connectivity index (χ4n) is 3.57. The van der Waals surface area contributed by atoms with E-state index >= 15 is 0 Å². The van der Waals surface area contributed by atoms with Gasteiger partial charge in [-0.05, 0) is 34.4 Å². The standard InChI is InChI=1S/C16H34OSi/c1-13(2)15(5,6)18(12-10-9-11-17-18)16(7,8)14(3)4/h13-14H,9-12H2,1-8H3. The van der Waals surface area contributed by atoms with Crippen molar-refractivity contribution >= 4 is 8.32 Å². The molecule has 0 N–H and O–H groups in total. The smallest absolute Gasteiger partial charge is 0.204 e. The van der Waals surface area contributed by atoms with Crippen LogP contribution in [0.2, 0.25) is 16.1 Å². The van der Waals surface area contributed by atoms with Gasteiger partial charge in [0, 0.05) is 6.61 Å². The van der Waals surface area contributed by atoms with Crippen LogP contribution in [0.1, 0.15) is 68.2 Å². The summed E-state index contributed by atoms with van der Waals surface area (Å²) >= 11 is 0. The molecule has 108 valence electrons. The second-order valence-corrected chi connectivity index (χ2v) is 12.9. The van der Waals surface area contributed by atoms with Crippen molar-refractivity contribution in [2.24, 2.45) is 11.8 Å². The normalized spacial score (nSPS) is 21.7. The molecule has 1 aliphatic heterocycles. The highest BCUT2D eigenvalue weighted by Crippen LogP contribution is 2.61. The first-order valence-corrected chi connectivity index (χ1v) is 9.85. The highest BCUT2D eigenvalue weighted by Gasteiger charge is 2.61. The summed E-state index contributed by atoms with van der Waals surface area (Å²) in [4.78, 5) is 0. The van der Waals surface area contributed by atoms with Crippen LogP contribution in [0.4, 0.5) is 0 Å². The van der Waals surface area contributed by atoms with Gasteiger partial charge in [-0.2, -0.15) is 0 Å².